The molecule has 0 fully saturated rings. The molecule has 6 heteroatoms. The molecule has 0 amide bonds. The molecule has 6 nitrogen and oxygen atoms in total. The van der Waals surface area contributed by atoms with Crippen LogP contribution in [0.5, 0.6) is 0 Å². The first kappa shape index (κ1) is 14.1. The summed E-state index contributed by atoms with van der Waals surface area (Å²) in [6.07, 6.45) is 1.99. The Kier molecular flexibility index (Phi) is 5.26. The van der Waals surface area contributed by atoms with Crippen molar-refractivity contribution in [2.45, 2.75) is 25.3 Å². The minimum absolute atomic E-state index is 0.0741. The lowest BCUT2D eigenvalue weighted by atomic mass is 10.0. The summed E-state index contributed by atoms with van der Waals surface area (Å²) in [5, 5.41) is 10.5. The lowest BCUT2D eigenvalue weighted by molar-refractivity contribution is -0.384. The van der Waals surface area contributed by atoms with Gasteiger partial charge in [-0.2, -0.15) is 0 Å². The zero-order valence-corrected chi connectivity index (χ0v) is 10.2. The highest BCUT2D eigenvalue weighted by molar-refractivity contribution is 5.75. The van der Waals surface area contributed by atoms with Gasteiger partial charge in [0.25, 0.3) is 5.69 Å². The number of nitro groups is 1. The Bertz CT molecular complexity index is 417. The van der Waals surface area contributed by atoms with Gasteiger partial charge >= 0.3 is 5.97 Å². The van der Waals surface area contributed by atoms with Crippen molar-refractivity contribution in [3.63, 3.8) is 0 Å². The smallest absolute Gasteiger partial charge is 0.322 e. The van der Waals surface area contributed by atoms with Gasteiger partial charge < -0.3 is 10.5 Å². The maximum atomic E-state index is 11.1. The van der Waals surface area contributed by atoms with Crippen LogP contribution in [0, 0.1) is 10.1 Å². The Morgan fingerprint density at radius 3 is 2.56 bits per heavy atom. The van der Waals surface area contributed by atoms with Crippen molar-refractivity contribution < 1.29 is 14.5 Å². The van der Waals surface area contributed by atoms with Crippen molar-refractivity contribution in [3.05, 3.63) is 39.9 Å². The summed E-state index contributed by atoms with van der Waals surface area (Å²) in [7, 11) is 1.30. The molecule has 0 spiro atoms. The number of nitrogens with two attached hydrogens (primary N) is 1. The second kappa shape index (κ2) is 6.70. The molecule has 1 unspecified atom stereocenters. The molecular formula is C12H16N2O4. The average Bonchev–Trinajstić information content (AvgIpc) is 2.38. The lowest BCUT2D eigenvalue weighted by Gasteiger charge is -2.08. The van der Waals surface area contributed by atoms with E-state index in [-0.39, 0.29) is 5.69 Å². The standard InChI is InChI=1S/C12H16N2O4/c1-18-12(15)11(13)4-2-3-9-5-7-10(8-6-9)14(16)17/h5-8,11H,2-4,13H2,1H3. The van der Waals surface area contributed by atoms with E-state index in [1.165, 1.54) is 19.2 Å². The number of carbonyl (C=O) groups excluding carboxylic acids is 1. The van der Waals surface area contributed by atoms with E-state index < -0.39 is 16.9 Å². The van der Waals surface area contributed by atoms with Gasteiger partial charge in [0.2, 0.25) is 0 Å². The summed E-state index contributed by atoms with van der Waals surface area (Å²) in [5.41, 5.74) is 6.65. The topological polar surface area (TPSA) is 95.5 Å². The zero-order chi connectivity index (χ0) is 13.5. The predicted octanol–water partition coefficient (Wildman–Crippen LogP) is 1.42. The lowest BCUT2D eigenvalue weighted by Crippen LogP contribution is -2.31. The molecule has 1 aromatic carbocycles. The molecular weight excluding hydrogens is 236 g/mol. The second-order valence-electron chi connectivity index (χ2n) is 3.95. The van der Waals surface area contributed by atoms with Gasteiger partial charge in [-0.25, -0.2) is 0 Å². The summed E-state index contributed by atoms with van der Waals surface area (Å²) >= 11 is 0. The third-order valence-electron chi connectivity index (χ3n) is 2.63. The third kappa shape index (κ3) is 4.14. The summed E-state index contributed by atoms with van der Waals surface area (Å²) in [6, 6.07) is 5.75. The minimum atomic E-state index is -0.604. The van der Waals surface area contributed by atoms with E-state index in [1.807, 2.05) is 0 Å². The van der Waals surface area contributed by atoms with Crippen LogP contribution in [0.15, 0.2) is 24.3 Å². The fourth-order valence-corrected chi connectivity index (χ4v) is 1.58. The van der Waals surface area contributed by atoms with Crippen molar-refractivity contribution in [1.82, 2.24) is 0 Å². The van der Waals surface area contributed by atoms with E-state index in [2.05, 4.69) is 4.74 Å². The first-order chi connectivity index (χ1) is 8.54. The van der Waals surface area contributed by atoms with Gasteiger partial charge in [-0.15, -0.1) is 0 Å². The Labute approximate surface area is 105 Å². The number of methoxy groups -OCH3 is 1. The number of nitro benzene ring substituents is 1. The number of hydrogen-bond donors (Lipinski definition) is 1. The fraction of sp³-hybridized carbons (Fsp3) is 0.417. The summed E-state index contributed by atoms with van der Waals surface area (Å²) in [5.74, 6) is -0.418. The Morgan fingerprint density at radius 1 is 1.44 bits per heavy atom. The van der Waals surface area contributed by atoms with Crippen molar-refractivity contribution in [2.75, 3.05) is 7.11 Å². The monoisotopic (exact) mass is 252 g/mol. The summed E-state index contributed by atoms with van der Waals surface area (Å²) in [4.78, 5) is 21.1. The first-order valence-electron chi connectivity index (χ1n) is 5.61. The molecule has 1 atom stereocenters. The van der Waals surface area contributed by atoms with Crippen LogP contribution in [0.3, 0.4) is 0 Å². The molecule has 1 rings (SSSR count). The van der Waals surface area contributed by atoms with Gasteiger partial charge in [-0.05, 0) is 24.8 Å². The van der Waals surface area contributed by atoms with E-state index >= 15 is 0 Å². The molecule has 0 saturated heterocycles. The Balaban J connectivity index is 2.40. The van der Waals surface area contributed by atoms with E-state index in [1.54, 1.807) is 12.1 Å². The van der Waals surface area contributed by atoms with Gasteiger partial charge in [0.1, 0.15) is 6.04 Å². The number of rotatable bonds is 6. The maximum Gasteiger partial charge on any atom is 0.322 e. The van der Waals surface area contributed by atoms with Crippen molar-refractivity contribution >= 4 is 11.7 Å². The number of non-ortho nitro benzene ring substituents is 1. The largest absolute Gasteiger partial charge is 0.468 e. The van der Waals surface area contributed by atoms with Crippen molar-refractivity contribution in [1.29, 1.82) is 0 Å². The van der Waals surface area contributed by atoms with Crippen LogP contribution < -0.4 is 5.73 Å². The van der Waals surface area contributed by atoms with Crippen LogP contribution in [0.1, 0.15) is 18.4 Å². The number of carbonyl (C=O) groups is 1. The first-order valence-corrected chi connectivity index (χ1v) is 5.61. The molecule has 1 aromatic rings. The van der Waals surface area contributed by atoms with Crippen molar-refractivity contribution in [2.24, 2.45) is 5.73 Å². The molecule has 0 heterocycles. The zero-order valence-electron chi connectivity index (χ0n) is 10.2. The van der Waals surface area contributed by atoms with E-state index in [9.17, 15) is 14.9 Å². The number of aryl methyl sites for hydroxylation is 1. The molecule has 0 saturated carbocycles. The average molecular weight is 252 g/mol. The fourth-order valence-electron chi connectivity index (χ4n) is 1.58. The van der Waals surface area contributed by atoms with Crippen LogP contribution in [0.4, 0.5) is 5.69 Å². The molecule has 2 N–H and O–H groups in total. The highest BCUT2D eigenvalue weighted by Gasteiger charge is 2.12. The Hall–Kier alpha value is -1.95. The number of esters is 1. The van der Waals surface area contributed by atoms with Crippen molar-refractivity contribution in [3.8, 4) is 0 Å². The SMILES string of the molecule is COC(=O)C(N)CCCc1ccc([N+](=O)[O-])cc1. The number of benzene rings is 1. The van der Waals surface area contributed by atoms with Crippen LogP contribution in [0.2, 0.25) is 0 Å². The molecule has 0 aliphatic carbocycles. The van der Waals surface area contributed by atoms with Crippen LogP contribution >= 0.6 is 0 Å². The van der Waals surface area contributed by atoms with Crippen LogP contribution in [-0.2, 0) is 16.0 Å². The van der Waals surface area contributed by atoms with Gasteiger partial charge in [0, 0.05) is 12.1 Å². The number of hydrogen-bond acceptors (Lipinski definition) is 5. The van der Waals surface area contributed by atoms with Gasteiger partial charge in [0.05, 0.1) is 12.0 Å². The van der Waals surface area contributed by atoms with Crippen LogP contribution in [-0.4, -0.2) is 24.0 Å². The number of ether oxygens (including phenoxy) is 1. The van der Waals surface area contributed by atoms with Gasteiger partial charge in [-0.3, -0.25) is 14.9 Å². The molecule has 0 aliphatic rings. The maximum absolute atomic E-state index is 11.1. The highest BCUT2D eigenvalue weighted by atomic mass is 16.6. The molecule has 0 bridgehead atoms. The number of nitrogens with zero attached hydrogens (tertiary/aromatic N) is 1. The second-order valence-corrected chi connectivity index (χ2v) is 3.95. The molecule has 0 aromatic heterocycles. The quantitative estimate of drug-likeness (QED) is 0.469. The van der Waals surface area contributed by atoms with Gasteiger partial charge in [-0.1, -0.05) is 12.1 Å². The van der Waals surface area contributed by atoms with E-state index in [0.717, 1.165) is 18.4 Å². The minimum Gasteiger partial charge on any atom is -0.468 e. The summed E-state index contributed by atoms with van der Waals surface area (Å²) < 4.78 is 4.52. The van der Waals surface area contributed by atoms with Gasteiger partial charge in [0.15, 0.2) is 0 Å². The Morgan fingerprint density at radius 2 is 2.06 bits per heavy atom. The molecule has 98 valence electrons. The normalized spacial score (nSPS) is 11.9. The third-order valence-corrected chi connectivity index (χ3v) is 2.63. The summed E-state index contributed by atoms with van der Waals surface area (Å²) in [6.45, 7) is 0. The predicted molar refractivity (Wildman–Crippen MR) is 66.0 cm³/mol. The molecule has 0 aliphatic heterocycles. The molecule has 18 heavy (non-hydrogen) atoms. The highest BCUT2D eigenvalue weighted by Crippen LogP contribution is 2.14. The van der Waals surface area contributed by atoms with E-state index in [0.29, 0.717) is 6.42 Å². The van der Waals surface area contributed by atoms with Crippen LogP contribution in [0.25, 0.3) is 0 Å². The molecule has 0 radical (unpaired) electrons. The van der Waals surface area contributed by atoms with E-state index in [4.69, 9.17) is 5.73 Å².